The molecule has 2 heterocycles. The first-order chi connectivity index (χ1) is 9.15. The Hall–Kier alpha value is -1.65. The van der Waals surface area contributed by atoms with Crippen LogP contribution in [0.2, 0.25) is 0 Å². The van der Waals surface area contributed by atoms with Crippen LogP contribution in [0.5, 0.6) is 0 Å². The van der Waals surface area contributed by atoms with Gasteiger partial charge in [0.15, 0.2) is 5.13 Å². The average molecular weight is 286 g/mol. The van der Waals surface area contributed by atoms with Gasteiger partial charge in [-0.1, -0.05) is 6.07 Å². The van der Waals surface area contributed by atoms with Crippen LogP contribution in [0.4, 0.5) is 5.13 Å². The minimum atomic E-state index is 0.621. The zero-order valence-corrected chi connectivity index (χ0v) is 12.4. The summed E-state index contributed by atoms with van der Waals surface area (Å²) in [5.74, 6) is 0. The summed E-state index contributed by atoms with van der Waals surface area (Å²) in [5, 5.41) is 4.75. The molecule has 3 aromatic rings. The maximum absolute atomic E-state index is 5.73. The molecule has 0 unspecified atom stereocenters. The first-order valence-electron chi connectivity index (χ1n) is 6.01. The number of anilines is 1. The van der Waals surface area contributed by atoms with Crippen molar-refractivity contribution in [2.45, 2.75) is 13.8 Å². The summed E-state index contributed by atoms with van der Waals surface area (Å²) in [6, 6.07) is 8.69. The number of aromatic nitrogens is 1. The summed E-state index contributed by atoms with van der Waals surface area (Å²) in [6.45, 7) is 4.27. The molecule has 0 saturated carbocycles. The van der Waals surface area contributed by atoms with Crippen LogP contribution < -0.4 is 5.73 Å². The van der Waals surface area contributed by atoms with Gasteiger partial charge in [0, 0.05) is 15.8 Å². The molecular formula is C15H14N2S2. The van der Waals surface area contributed by atoms with Crippen molar-refractivity contribution >= 4 is 27.8 Å². The summed E-state index contributed by atoms with van der Waals surface area (Å²) in [7, 11) is 0. The highest BCUT2D eigenvalue weighted by atomic mass is 32.1. The van der Waals surface area contributed by atoms with Crippen LogP contribution >= 0.6 is 22.7 Å². The van der Waals surface area contributed by atoms with Crippen molar-refractivity contribution in [3.8, 4) is 21.7 Å². The number of hydrogen-bond acceptors (Lipinski definition) is 4. The zero-order valence-electron chi connectivity index (χ0n) is 10.8. The highest BCUT2D eigenvalue weighted by Gasteiger charge is 2.11. The summed E-state index contributed by atoms with van der Waals surface area (Å²) in [6.07, 6.45) is 0. The third kappa shape index (κ3) is 2.29. The Bertz CT molecular complexity index is 689. The van der Waals surface area contributed by atoms with Crippen LogP contribution in [0.3, 0.4) is 0 Å². The fraction of sp³-hybridized carbons (Fsp3) is 0.133. The standard InChI is InChI=1S/C15H14N2S2/c1-9-6-11(13-4-3-5-18-13)7-10(2)14(9)12-8-19-15(16)17-12/h3-8H,1-2H3,(H2,16,17). The molecule has 0 saturated heterocycles. The van der Waals surface area contributed by atoms with Crippen molar-refractivity contribution in [3.05, 3.63) is 46.2 Å². The van der Waals surface area contributed by atoms with Crippen molar-refractivity contribution in [2.24, 2.45) is 0 Å². The van der Waals surface area contributed by atoms with Gasteiger partial charge in [0.25, 0.3) is 0 Å². The Labute approximate surface area is 120 Å². The van der Waals surface area contributed by atoms with Gasteiger partial charge in [0.2, 0.25) is 0 Å². The normalized spacial score (nSPS) is 10.8. The number of benzene rings is 1. The van der Waals surface area contributed by atoms with Crippen LogP contribution in [-0.4, -0.2) is 4.98 Å². The molecule has 0 aliphatic rings. The third-order valence-electron chi connectivity index (χ3n) is 3.12. The lowest BCUT2D eigenvalue weighted by Gasteiger charge is -2.10. The molecule has 19 heavy (non-hydrogen) atoms. The number of hydrogen-bond donors (Lipinski definition) is 1. The van der Waals surface area contributed by atoms with E-state index in [1.54, 1.807) is 11.3 Å². The second kappa shape index (κ2) is 4.79. The molecule has 0 fully saturated rings. The lowest BCUT2D eigenvalue weighted by molar-refractivity contribution is 1.33. The number of thiophene rings is 1. The summed E-state index contributed by atoms with van der Waals surface area (Å²) >= 11 is 3.25. The van der Waals surface area contributed by atoms with Crippen molar-refractivity contribution < 1.29 is 0 Å². The lowest BCUT2D eigenvalue weighted by atomic mass is 9.97. The molecule has 4 heteroatoms. The molecule has 0 amide bonds. The van der Waals surface area contributed by atoms with Crippen molar-refractivity contribution in [1.82, 2.24) is 4.98 Å². The van der Waals surface area contributed by atoms with E-state index in [0.717, 1.165) is 5.69 Å². The third-order valence-corrected chi connectivity index (χ3v) is 4.71. The van der Waals surface area contributed by atoms with Crippen LogP contribution in [0.1, 0.15) is 11.1 Å². The lowest BCUT2D eigenvalue weighted by Crippen LogP contribution is -1.91. The second-order valence-electron chi connectivity index (χ2n) is 4.53. The molecule has 96 valence electrons. The molecule has 0 aliphatic carbocycles. The largest absolute Gasteiger partial charge is 0.375 e. The van der Waals surface area contributed by atoms with Gasteiger partial charge >= 0.3 is 0 Å². The monoisotopic (exact) mass is 286 g/mol. The molecule has 0 aliphatic heterocycles. The van der Waals surface area contributed by atoms with Crippen LogP contribution in [-0.2, 0) is 0 Å². The van der Waals surface area contributed by atoms with Gasteiger partial charge in [0.1, 0.15) is 0 Å². The molecular weight excluding hydrogens is 272 g/mol. The summed E-state index contributed by atoms with van der Waals surface area (Å²) < 4.78 is 0. The highest BCUT2D eigenvalue weighted by Crippen LogP contribution is 2.34. The summed E-state index contributed by atoms with van der Waals surface area (Å²) in [4.78, 5) is 5.70. The predicted molar refractivity (Wildman–Crippen MR) is 84.7 cm³/mol. The Kier molecular flexibility index (Phi) is 3.12. The number of rotatable bonds is 2. The van der Waals surface area contributed by atoms with Gasteiger partial charge in [-0.25, -0.2) is 4.98 Å². The van der Waals surface area contributed by atoms with E-state index in [1.807, 2.05) is 5.38 Å². The number of nitrogens with two attached hydrogens (primary N) is 1. The topological polar surface area (TPSA) is 38.9 Å². The number of thiazole rings is 1. The van der Waals surface area contributed by atoms with Crippen molar-refractivity contribution in [2.75, 3.05) is 5.73 Å². The fourth-order valence-corrected chi connectivity index (χ4v) is 3.62. The molecule has 0 atom stereocenters. The Morgan fingerprint density at radius 1 is 1.11 bits per heavy atom. The van der Waals surface area contributed by atoms with E-state index in [4.69, 9.17) is 5.73 Å². The predicted octanol–water partition coefficient (Wildman–Crippen LogP) is 4.74. The Morgan fingerprint density at radius 3 is 2.37 bits per heavy atom. The number of nitrogen functional groups attached to an aromatic ring is 1. The van der Waals surface area contributed by atoms with Crippen LogP contribution in [0.25, 0.3) is 21.7 Å². The molecule has 0 radical (unpaired) electrons. The number of aryl methyl sites for hydroxylation is 2. The van der Waals surface area contributed by atoms with E-state index in [-0.39, 0.29) is 0 Å². The average Bonchev–Trinajstić information content (AvgIpc) is 2.99. The minimum Gasteiger partial charge on any atom is -0.375 e. The second-order valence-corrected chi connectivity index (χ2v) is 6.37. The van der Waals surface area contributed by atoms with Gasteiger partial charge in [-0.2, -0.15) is 0 Å². The molecule has 2 aromatic heterocycles. The highest BCUT2D eigenvalue weighted by molar-refractivity contribution is 7.14. The Balaban J connectivity index is 2.13. The molecule has 2 N–H and O–H groups in total. The van der Waals surface area contributed by atoms with Gasteiger partial charge in [-0.05, 0) is 54.1 Å². The maximum atomic E-state index is 5.73. The van der Waals surface area contributed by atoms with Crippen molar-refractivity contribution in [3.63, 3.8) is 0 Å². The van der Waals surface area contributed by atoms with E-state index in [9.17, 15) is 0 Å². The number of nitrogens with zero attached hydrogens (tertiary/aromatic N) is 1. The first-order valence-corrected chi connectivity index (χ1v) is 7.77. The fourth-order valence-electron chi connectivity index (χ4n) is 2.36. The molecule has 0 bridgehead atoms. The Morgan fingerprint density at radius 2 is 1.84 bits per heavy atom. The maximum Gasteiger partial charge on any atom is 0.180 e. The van der Waals surface area contributed by atoms with Gasteiger partial charge in [0.05, 0.1) is 5.69 Å². The first kappa shape index (κ1) is 12.4. The van der Waals surface area contributed by atoms with Gasteiger partial charge < -0.3 is 5.73 Å². The van der Waals surface area contributed by atoms with E-state index < -0.39 is 0 Å². The van der Waals surface area contributed by atoms with E-state index in [2.05, 4.69) is 48.5 Å². The molecule has 0 spiro atoms. The zero-order chi connectivity index (χ0) is 13.4. The van der Waals surface area contributed by atoms with Gasteiger partial charge in [-0.15, -0.1) is 22.7 Å². The van der Waals surface area contributed by atoms with E-state index in [1.165, 1.54) is 38.5 Å². The van der Waals surface area contributed by atoms with Crippen LogP contribution in [0, 0.1) is 13.8 Å². The quantitative estimate of drug-likeness (QED) is 0.739. The minimum absolute atomic E-state index is 0.621. The summed E-state index contributed by atoms with van der Waals surface area (Å²) in [5.41, 5.74) is 11.7. The molecule has 3 rings (SSSR count). The SMILES string of the molecule is Cc1cc(-c2cccs2)cc(C)c1-c1csc(N)n1. The van der Waals surface area contributed by atoms with Crippen molar-refractivity contribution in [1.29, 1.82) is 0 Å². The van der Waals surface area contributed by atoms with E-state index >= 15 is 0 Å². The van der Waals surface area contributed by atoms with Gasteiger partial charge in [-0.3, -0.25) is 0 Å². The molecule has 2 nitrogen and oxygen atoms in total. The smallest absolute Gasteiger partial charge is 0.180 e. The molecule has 1 aromatic carbocycles. The van der Waals surface area contributed by atoms with Crippen LogP contribution in [0.15, 0.2) is 35.0 Å². The van der Waals surface area contributed by atoms with E-state index in [0.29, 0.717) is 5.13 Å².